The molecule has 104 valence electrons. The predicted octanol–water partition coefficient (Wildman–Crippen LogP) is 2.24. The van der Waals surface area contributed by atoms with Gasteiger partial charge in [0.05, 0.1) is 6.04 Å². The van der Waals surface area contributed by atoms with E-state index in [1.165, 1.54) is 5.56 Å². The van der Waals surface area contributed by atoms with E-state index in [1.54, 1.807) is 0 Å². The first-order valence-corrected chi connectivity index (χ1v) is 7.59. The molecule has 0 aromatic heterocycles. The molecule has 1 aliphatic heterocycles. The second-order valence-corrected chi connectivity index (χ2v) is 6.49. The summed E-state index contributed by atoms with van der Waals surface area (Å²) in [5.41, 5.74) is 2.00. The summed E-state index contributed by atoms with van der Waals surface area (Å²) in [6, 6.07) is 8.23. The predicted molar refractivity (Wildman–Crippen MR) is 75.7 cm³/mol. The normalized spacial score (nSPS) is 28.5. The van der Waals surface area contributed by atoms with Crippen LogP contribution >= 0.6 is 0 Å². The van der Waals surface area contributed by atoms with Gasteiger partial charge >= 0.3 is 0 Å². The van der Waals surface area contributed by atoms with E-state index in [9.17, 15) is 9.59 Å². The molecule has 1 saturated carbocycles. The molecule has 0 amide bonds. The summed E-state index contributed by atoms with van der Waals surface area (Å²) in [5.74, 6) is 0.724. The largest absolute Gasteiger partial charge is 0.298 e. The topological polar surface area (TPSA) is 37.4 Å². The molecule has 1 heterocycles. The number of piperidine rings is 1. The fourth-order valence-corrected chi connectivity index (χ4v) is 3.94. The van der Waals surface area contributed by atoms with Crippen molar-refractivity contribution < 1.29 is 9.59 Å². The first-order chi connectivity index (χ1) is 9.70. The maximum atomic E-state index is 12.9. The molecule has 3 nitrogen and oxygen atoms in total. The first-order valence-electron chi connectivity index (χ1n) is 7.59. The number of benzene rings is 1. The molecular weight excluding hydrogens is 250 g/mol. The Kier molecular flexibility index (Phi) is 2.61. The number of carbonyl (C=O) groups is 2. The first kappa shape index (κ1) is 12.3. The van der Waals surface area contributed by atoms with Crippen LogP contribution in [0.1, 0.15) is 41.6 Å². The molecule has 1 aromatic rings. The molecule has 1 unspecified atom stereocenters. The van der Waals surface area contributed by atoms with Crippen molar-refractivity contribution in [1.82, 2.24) is 4.90 Å². The monoisotopic (exact) mass is 269 g/mol. The maximum absolute atomic E-state index is 12.9. The Bertz CT molecular complexity index is 584. The molecule has 3 heteroatoms. The van der Waals surface area contributed by atoms with E-state index in [1.807, 2.05) is 18.2 Å². The molecule has 1 aromatic carbocycles. The van der Waals surface area contributed by atoms with Crippen LogP contribution in [0.3, 0.4) is 0 Å². The van der Waals surface area contributed by atoms with Gasteiger partial charge < -0.3 is 0 Å². The van der Waals surface area contributed by atoms with Crippen LogP contribution < -0.4 is 0 Å². The Morgan fingerprint density at radius 3 is 2.45 bits per heavy atom. The van der Waals surface area contributed by atoms with Gasteiger partial charge in [0.25, 0.3) is 0 Å². The lowest BCUT2D eigenvalue weighted by molar-refractivity contribution is -0.111. The number of aryl methyl sites for hydroxylation is 1. The summed E-state index contributed by atoms with van der Waals surface area (Å²) >= 11 is 0. The highest BCUT2D eigenvalue weighted by molar-refractivity contribution is 6.03. The van der Waals surface area contributed by atoms with Gasteiger partial charge in [0.2, 0.25) is 0 Å². The zero-order valence-electron chi connectivity index (χ0n) is 11.6. The molecule has 2 fully saturated rings. The van der Waals surface area contributed by atoms with Crippen LogP contribution in [-0.4, -0.2) is 35.6 Å². The van der Waals surface area contributed by atoms with Crippen LogP contribution in [-0.2, 0) is 11.2 Å². The van der Waals surface area contributed by atoms with Crippen molar-refractivity contribution in [2.75, 3.05) is 13.1 Å². The minimum absolute atomic E-state index is 0.150. The number of likely N-dealkylation sites (tertiary alicyclic amines) is 1. The Balaban J connectivity index is 1.55. The van der Waals surface area contributed by atoms with E-state index in [-0.39, 0.29) is 11.5 Å². The summed E-state index contributed by atoms with van der Waals surface area (Å²) in [4.78, 5) is 26.4. The van der Waals surface area contributed by atoms with Gasteiger partial charge in [-0.3, -0.25) is 14.5 Å². The van der Waals surface area contributed by atoms with Crippen molar-refractivity contribution >= 4 is 11.6 Å². The van der Waals surface area contributed by atoms with Gasteiger partial charge in [-0.1, -0.05) is 24.3 Å². The third kappa shape index (κ3) is 1.76. The van der Waals surface area contributed by atoms with Crippen molar-refractivity contribution in [1.29, 1.82) is 0 Å². The second-order valence-electron chi connectivity index (χ2n) is 6.49. The zero-order chi connectivity index (χ0) is 13.7. The highest BCUT2D eigenvalue weighted by atomic mass is 16.1. The molecule has 1 saturated heterocycles. The molecule has 0 radical (unpaired) electrons. The minimum Gasteiger partial charge on any atom is -0.298 e. The lowest BCUT2D eigenvalue weighted by atomic mass is 9.65. The van der Waals surface area contributed by atoms with Crippen molar-refractivity contribution in [3.63, 3.8) is 0 Å². The summed E-state index contributed by atoms with van der Waals surface area (Å²) in [7, 11) is 0. The van der Waals surface area contributed by atoms with Crippen LogP contribution in [0.25, 0.3) is 0 Å². The van der Waals surface area contributed by atoms with E-state index in [0.29, 0.717) is 11.6 Å². The minimum atomic E-state index is -0.150. The third-order valence-electron chi connectivity index (χ3n) is 5.42. The molecule has 0 N–H and O–H groups in total. The van der Waals surface area contributed by atoms with Crippen LogP contribution in [0.15, 0.2) is 24.3 Å². The molecule has 4 rings (SSSR count). The van der Waals surface area contributed by atoms with E-state index in [0.717, 1.165) is 50.8 Å². The molecule has 3 aliphatic rings. The third-order valence-corrected chi connectivity index (χ3v) is 5.42. The van der Waals surface area contributed by atoms with Gasteiger partial charge in [0.1, 0.15) is 0 Å². The number of nitrogens with zero attached hydrogens (tertiary/aromatic N) is 1. The number of ketones is 2. The van der Waals surface area contributed by atoms with Crippen LogP contribution in [0.5, 0.6) is 0 Å². The van der Waals surface area contributed by atoms with E-state index in [4.69, 9.17) is 0 Å². The van der Waals surface area contributed by atoms with Crippen LogP contribution in [0.4, 0.5) is 0 Å². The van der Waals surface area contributed by atoms with Crippen molar-refractivity contribution in [2.45, 2.75) is 38.1 Å². The summed E-state index contributed by atoms with van der Waals surface area (Å²) in [6.45, 7) is 1.81. The Morgan fingerprint density at radius 1 is 1.05 bits per heavy atom. The standard InChI is InChI=1S/C17H19NO2/c19-15-11-14(15)18-9-7-17(8-10-18)6-5-12-3-1-2-4-13(12)16(17)20/h1-4,14H,5-11H2. The second kappa shape index (κ2) is 4.26. The van der Waals surface area contributed by atoms with Gasteiger partial charge in [0, 0.05) is 17.4 Å². The van der Waals surface area contributed by atoms with E-state index >= 15 is 0 Å². The number of carbonyl (C=O) groups excluding carboxylic acids is 2. The molecule has 2 aliphatic carbocycles. The van der Waals surface area contributed by atoms with Crippen molar-refractivity contribution in [3.05, 3.63) is 35.4 Å². The van der Waals surface area contributed by atoms with Crippen molar-refractivity contribution in [3.8, 4) is 0 Å². The zero-order valence-corrected chi connectivity index (χ0v) is 11.6. The summed E-state index contributed by atoms with van der Waals surface area (Å²) in [6.07, 6.45) is 4.57. The average molecular weight is 269 g/mol. The molecule has 1 atom stereocenters. The number of hydrogen-bond acceptors (Lipinski definition) is 3. The molecule has 20 heavy (non-hydrogen) atoms. The average Bonchev–Trinajstić information content (AvgIpc) is 3.21. The number of rotatable bonds is 1. The highest BCUT2D eigenvalue weighted by Gasteiger charge is 2.48. The van der Waals surface area contributed by atoms with E-state index < -0.39 is 0 Å². The van der Waals surface area contributed by atoms with Gasteiger partial charge in [-0.05, 0) is 44.3 Å². The quantitative estimate of drug-likeness (QED) is 0.784. The van der Waals surface area contributed by atoms with Gasteiger partial charge in [-0.15, -0.1) is 0 Å². The number of fused-ring (bicyclic) bond motifs is 1. The SMILES string of the molecule is O=C1CC1N1CCC2(CCc3ccccc3C2=O)CC1. The van der Waals surface area contributed by atoms with Crippen molar-refractivity contribution in [2.24, 2.45) is 5.41 Å². The van der Waals surface area contributed by atoms with Crippen LogP contribution in [0, 0.1) is 5.41 Å². The van der Waals surface area contributed by atoms with Gasteiger partial charge in [-0.2, -0.15) is 0 Å². The molecule has 1 spiro atoms. The lowest BCUT2D eigenvalue weighted by Crippen LogP contribution is -2.47. The Labute approximate surface area is 119 Å². The summed E-state index contributed by atoms with van der Waals surface area (Å²) < 4.78 is 0. The van der Waals surface area contributed by atoms with Gasteiger partial charge in [-0.25, -0.2) is 0 Å². The fourth-order valence-electron chi connectivity index (χ4n) is 3.94. The maximum Gasteiger partial charge on any atom is 0.169 e. The lowest BCUT2D eigenvalue weighted by Gasteiger charge is -2.43. The highest BCUT2D eigenvalue weighted by Crippen LogP contribution is 2.44. The number of hydrogen-bond donors (Lipinski definition) is 0. The summed E-state index contributed by atoms with van der Waals surface area (Å²) in [5, 5.41) is 0. The molecule has 0 bridgehead atoms. The van der Waals surface area contributed by atoms with E-state index in [2.05, 4.69) is 11.0 Å². The fraction of sp³-hybridized carbons (Fsp3) is 0.529. The Hall–Kier alpha value is -1.48. The smallest absolute Gasteiger partial charge is 0.169 e. The Morgan fingerprint density at radius 2 is 1.75 bits per heavy atom. The molecular formula is C17H19NO2. The van der Waals surface area contributed by atoms with Crippen LogP contribution in [0.2, 0.25) is 0 Å². The number of Topliss-reactive ketones (excluding diaryl/α,β-unsaturated/α-hetero) is 2. The van der Waals surface area contributed by atoms with Gasteiger partial charge in [0.15, 0.2) is 11.6 Å².